The Morgan fingerprint density at radius 3 is 2.91 bits per heavy atom. The average molecular weight is 304 g/mol. The van der Waals surface area contributed by atoms with E-state index in [1.807, 2.05) is 6.07 Å². The van der Waals surface area contributed by atoms with Crippen LogP contribution in [0.3, 0.4) is 0 Å². The van der Waals surface area contributed by atoms with Gasteiger partial charge in [0.15, 0.2) is 0 Å². The molecule has 1 aromatic rings. The summed E-state index contributed by atoms with van der Waals surface area (Å²) in [6, 6.07) is 1.95. The summed E-state index contributed by atoms with van der Waals surface area (Å²) in [5.74, 6) is 0.697. The van der Waals surface area contributed by atoms with Gasteiger partial charge in [0.05, 0.1) is 5.69 Å². The molecule has 6 heteroatoms. The van der Waals surface area contributed by atoms with E-state index in [1.54, 1.807) is 4.90 Å². The molecule has 1 aromatic heterocycles. The van der Waals surface area contributed by atoms with E-state index in [9.17, 15) is 9.59 Å². The number of nitrogens with zero attached hydrogens (tertiary/aromatic N) is 2. The normalized spacial score (nSPS) is 22.6. The number of carbonyl (C=O) groups is 2. The van der Waals surface area contributed by atoms with Crippen molar-refractivity contribution in [2.24, 2.45) is 5.92 Å². The number of likely N-dealkylation sites (tertiary alicyclic amines) is 1. The van der Waals surface area contributed by atoms with E-state index < -0.39 is 0 Å². The Hall–Kier alpha value is -1.85. The molecule has 0 aromatic carbocycles. The summed E-state index contributed by atoms with van der Waals surface area (Å²) in [5.41, 5.74) is 1.48. The summed E-state index contributed by atoms with van der Waals surface area (Å²) >= 11 is 0. The third kappa shape index (κ3) is 3.15. The van der Waals surface area contributed by atoms with Crippen molar-refractivity contribution in [3.8, 4) is 0 Å². The maximum absolute atomic E-state index is 12.5. The van der Waals surface area contributed by atoms with Gasteiger partial charge in [-0.2, -0.15) is 5.10 Å². The molecule has 0 spiro atoms. The number of aromatic nitrogens is 2. The first kappa shape index (κ1) is 15.1. The molecule has 0 radical (unpaired) electrons. The van der Waals surface area contributed by atoms with Gasteiger partial charge in [0.1, 0.15) is 5.69 Å². The lowest BCUT2D eigenvalue weighted by molar-refractivity contribution is -0.122. The number of hydrogen-bond acceptors (Lipinski definition) is 3. The largest absolute Gasteiger partial charge is 0.351 e. The summed E-state index contributed by atoms with van der Waals surface area (Å²) in [7, 11) is 0. The first-order valence-corrected chi connectivity index (χ1v) is 8.23. The Morgan fingerprint density at radius 1 is 1.45 bits per heavy atom. The minimum Gasteiger partial charge on any atom is -0.351 e. The van der Waals surface area contributed by atoms with Crippen molar-refractivity contribution in [3.05, 3.63) is 17.5 Å². The van der Waals surface area contributed by atoms with Crippen LogP contribution in [0.4, 0.5) is 0 Å². The van der Waals surface area contributed by atoms with E-state index in [0.29, 0.717) is 24.7 Å². The van der Waals surface area contributed by atoms with Gasteiger partial charge in [-0.1, -0.05) is 13.8 Å². The SMILES string of the molecule is CCC(C)c1cc(C(=O)N2CCC(NC(=O)C3CC3)C2)[nH]n1. The van der Waals surface area contributed by atoms with Crippen molar-refractivity contribution in [1.29, 1.82) is 0 Å². The Balaban J connectivity index is 1.56. The molecule has 1 saturated carbocycles. The summed E-state index contributed by atoms with van der Waals surface area (Å²) in [6.45, 7) is 5.49. The number of hydrogen-bond donors (Lipinski definition) is 2. The standard InChI is InChI=1S/C16H24N4O2/c1-3-10(2)13-8-14(19-18-13)16(22)20-7-6-12(9-20)17-15(21)11-4-5-11/h8,10-12H,3-7,9H2,1-2H3,(H,17,21)(H,18,19). The van der Waals surface area contributed by atoms with Gasteiger partial charge >= 0.3 is 0 Å². The second-order valence-electron chi connectivity index (χ2n) is 6.54. The van der Waals surface area contributed by atoms with Crippen LogP contribution in [0.5, 0.6) is 0 Å². The Kier molecular flexibility index (Phi) is 4.18. The number of nitrogens with one attached hydrogen (secondary N) is 2. The van der Waals surface area contributed by atoms with Crippen molar-refractivity contribution in [3.63, 3.8) is 0 Å². The minimum absolute atomic E-state index is 0.0229. The van der Waals surface area contributed by atoms with E-state index in [-0.39, 0.29) is 23.8 Å². The highest BCUT2D eigenvalue weighted by molar-refractivity contribution is 5.92. The second kappa shape index (κ2) is 6.10. The van der Waals surface area contributed by atoms with Crippen LogP contribution >= 0.6 is 0 Å². The number of amides is 2. The van der Waals surface area contributed by atoms with Gasteiger partial charge in [0, 0.05) is 25.0 Å². The third-order valence-electron chi connectivity index (χ3n) is 4.72. The first-order valence-electron chi connectivity index (χ1n) is 8.23. The molecule has 1 saturated heterocycles. The molecule has 0 bridgehead atoms. The van der Waals surface area contributed by atoms with Crippen molar-refractivity contribution in [2.45, 2.75) is 51.5 Å². The van der Waals surface area contributed by atoms with Crippen LogP contribution in [0.1, 0.15) is 61.6 Å². The molecular formula is C16H24N4O2. The van der Waals surface area contributed by atoms with Gasteiger partial charge in [-0.25, -0.2) is 0 Å². The molecule has 3 rings (SSSR count). The van der Waals surface area contributed by atoms with Crippen LogP contribution in [0.2, 0.25) is 0 Å². The molecule has 120 valence electrons. The lowest BCUT2D eigenvalue weighted by Crippen LogP contribution is -2.39. The van der Waals surface area contributed by atoms with Crippen molar-refractivity contribution in [1.82, 2.24) is 20.4 Å². The number of H-pyrrole nitrogens is 1. The Morgan fingerprint density at radius 2 is 2.23 bits per heavy atom. The topological polar surface area (TPSA) is 78.1 Å². The molecule has 2 heterocycles. The zero-order valence-corrected chi connectivity index (χ0v) is 13.3. The predicted molar refractivity (Wildman–Crippen MR) is 82.5 cm³/mol. The molecule has 2 aliphatic rings. The zero-order valence-electron chi connectivity index (χ0n) is 13.3. The zero-order chi connectivity index (χ0) is 15.7. The van der Waals surface area contributed by atoms with Crippen LogP contribution in [-0.4, -0.2) is 46.0 Å². The highest BCUT2D eigenvalue weighted by atomic mass is 16.2. The fraction of sp³-hybridized carbons (Fsp3) is 0.688. The molecule has 6 nitrogen and oxygen atoms in total. The van der Waals surface area contributed by atoms with Crippen LogP contribution in [0.25, 0.3) is 0 Å². The summed E-state index contributed by atoms with van der Waals surface area (Å²) in [5, 5.41) is 10.1. The van der Waals surface area contributed by atoms with E-state index >= 15 is 0 Å². The third-order valence-corrected chi connectivity index (χ3v) is 4.72. The molecular weight excluding hydrogens is 280 g/mol. The molecule has 2 unspecified atom stereocenters. The van der Waals surface area contributed by atoms with E-state index in [1.165, 1.54) is 0 Å². The van der Waals surface area contributed by atoms with Gasteiger partial charge in [-0.05, 0) is 37.7 Å². The number of aromatic amines is 1. The lowest BCUT2D eigenvalue weighted by Gasteiger charge is -2.16. The average Bonchev–Trinajstić information content (AvgIpc) is 3.08. The second-order valence-corrected chi connectivity index (χ2v) is 6.54. The highest BCUT2D eigenvalue weighted by Crippen LogP contribution is 2.29. The molecule has 2 amide bonds. The smallest absolute Gasteiger partial charge is 0.271 e. The highest BCUT2D eigenvalue weighted by Gasteiger charge is 2.34. The Labute approximate surface area is 130 Å². The van der Waals surface area contributed by atoms with Crippen molar-refractivity contribution < 1.29 is 9.59 Å². The molecule has 2 fully saturated rings. The lowest BCUT2D eigenvalue weighted by atomic mass is 10.1. The van der Waals surface area contributed by atoms with Gasteiger partial charge in [0.25, 0.3) is 5.91 Å². The van der Waals surface area contributed by atoms with Crippen LogP contribution in [-0.2, 0) is 4.79 Å². The van der Waals surface area contributed by atoms with Crippen LogP contribution in [0.15, 0.2) is 6.07 Å². The van der Waals surface area contributed by atoms with Gasteiger partial charge in [-0.3, -0.25) is 14.7 Å². The summed E-state index contributed by atoms with van der Waals surface area (Å²) in [4.78, 5) is 26.1. The van der Waals surface area contributed by atoms with Gasteiger partial charge in [0.2, 0.25) is 5.91 Å². The van der Waals surface area contributed by atoms with E-state index in [2.05, 4.69) is 29.4 Å². The van der Waals surface area contributed by atoms with E-state index in [4.69, 9.17) is 0 Å². The molecule has 1 aliphatic carbocycles. The number of rotatable bonds is 5. The summed E-state index contributed by atoms with van der Waals surface area (Å²) in [6.07, 6.45) is 3.84. The summed E-state index contributed by atoms with van der Waals surface area (Å²) < 4.78 is 0. The maximum atomic E-state index is 12.5. The fourth-order valence-corrected chi connectivity index (χ4v) is 2.81. The monoisotopic (exact) mass is 304 g/mol. The molecule has 2 atom stereocenters. The molecule has 22 heavy (non-hydrogen) atoms. The van der Waals surface area contributed by atoms with Crippen LogP contribution in [0, 0.1) is 5.92 Å². The quantitative estimate of drug-likeness (QED) is 0.868. The minimum atomic E-state index is -0.0229. The number of carbonyl (C=O) groups excluding carboxylic acids is 2. The first-order chi connectivity index (χ1) is 10.6. The predicted octanol–water partition coefficient (Wildman–Crippen LogP) is 1.66. The fourth-order valence-electron chi connectivity index (χ4n) is 2.81. The van der Waals surface area contributed by atoms with Gasteiger partial charge < -0.3 is 10.2 Å². The van der Waals surface area contributed by atoms with E-state index in [0.717, 1.165) is 31.4 Å². The van der Waals surface area contributed by atoms with Crippen molar-refractivity contribution in [2.75, 3.05) is 13.1 Å². The Bertz CT molecular complexity index is 564. The molecule has 2 N–H and O–H groups in total. The van der Waals surface area contributed by atoms with Crippen molar-refractivity contribution >= 4 is 11.8 Å². The maximum Gasteiger partial charge on any atom is 0.271 e. The van der Waals surface area contributed by atoms with Gasteiger partial charge in [-0.15, -0.1) is 0 Å². The van der Waals surface area contributed by atoms with Crippen LogP contribution < -0.4 is 5.32 Å². The molecule has 1 aliphatic heterocycles.